The van der Waals surface area contributed by atoms with E-state index in [4.69, 9.17) is 16.3 Å². The molecule has 21 heavy (non-hydrogen) atoms. The summed E-state index contributed by atoms with van der Waals surface area (Å²) in [5, 5.41) is 4.18. The lowest BCUT2D eigenvalue weighted by Gasteiger charge is -2.10. The molecule has 0 saturated heterocycles. The van der Waals surface area contributed by atoms with Crippen LogP contribution in [-0.4, -0.2) is 13.7 Å². The molecule has 0 fully saturated rings. The van der Waals surface area contributed by atoms with Crippen molar-refractivity contribution in [2.45, 2.75) is 26.8 Å². The maximum absolute atomic E-state index is 6.39. The van der Waals surface area contributed by atoms with Gasteiger partial charge in [-0.05, 0) is 60.3 Å². The molecule has 0 unspecified atom stereocenters. The number of halogens is 1. The highest BCUT2D eigenvalue weighted by Gasteiger charge is 2.06. The van der Waals surface area contributed by atoms with Gasteiger partial charge in [-0.3, -0.25) is 0 Å². The van der Waals surface area contributed by atoms with Gasteiger partial charge >= 0.3 is 0 Å². The van der Waals surface area contributed by atoms with Crippen LogP contribution in [0.15, 0.2) is 36.4 Å². The number of ether oxygens (including phenoxy) is 1. The maximum atomic E-state index is 6.39. The molecule has 0 spiro atoms. The first-order valence-electron chi connectivity index (χ1n) is 7.30. The monoisotopic (exact) mass is 303 g/mol. The second kappa shape index (κ2) is 7.48. The molecule has 0 aliphatic rings. The van der Waals surface area contributed by atoms with Crippen molar-refractivity contribution in [1.29, 1.82) is 0 Å². The highest BCUT2D eigenvalue weighted by molar-refractivity contribution is 6.31. The van der Waals surface area contributed by atoms with E-state index in [0.29, 0.717) is 0 Å². The van der Waals surface area contributed by atoms with Gasteiger partial charge in [0.05, 0.1) is 7.11 Å². The highest BCUT2D eigenvalue weighted by atomic mass is 35.5. The van der Waals surface area contributed by atoms with Crippen LogP contribution in [0.4, 0.5) is 0 Å². The van der Waals surface area contributed by atoms with Crippen LogP contribution in [0.3, 0.4) is 0 Å². The van der Waals surface area contributed by atoms with E-state index < -0.39 is 0 Å². The maximum Gasteiger partial charge on any atom is 0.121 e. The third-order valence-corrected chi connectivity index (χ3v) is 3.88. The Balaban J connectivity index is 2.21. The SMILES string of the molecule is CCCNCc1ccc(-c2ccc(OC)c(C)c2)cc1Cl. The molecule has 1 N–H and O–H groups in total. The summed E-state index contributed by atoms with van der Waals surface area (Å²) >= 11 is 6.39. The molecular formula is C18H22ClNO. The van der Waals surface area contributed by atoms with E-state index in [1.807, 2.05) is 19.1 Å². The summed E-state index contributed by atoms with van der Waals surface area (Å²) in [4.78, 5) is 0. The predicted octanol–water partition coefficient (Wildman–Crippen LogP) is 4.82. The van der Waals surface area contributed by atoms with E-state index in [2.05, 4.69) is 36.5 Å². The molecule has 2 aromatic rings. The number of rotatable bonds is 6. The van der Waals surface area contributed by atoms with Gasteiger partial charge in [0.15, 0.2) is 0 Å². The molecule has 0 amide bonds. The number of nitrogens with one attached hydrogen (secondary N) is 1. The van der Waals surface area contributed by atoms with Crippen molar-refractivity contribution in [3.05, 3.63) is 52.5 Å². The van der Waals surface area contributed by atoms with E-state index in [-0.39, 0.29) is 0 Å². The van der Waals surface area contributed by atoms with Crippen LogP contribution in [0.1, 0.15) is 24.5 Å². The van der Waals surface area contributed by atoms with E-state index in [0.717, 1.165) is 52.5 Å². The number of hydrogen-bond acceptors (Lipinski definition) is 2. The first kappa shape index (κ1) is 15.9. The second-order valence-electron chi connectivity index (χ2n) is 5.17. The summed E-state index contributed by atoms with van der Waals surface area (Å²) in [5.74, 6) is 0.908. The molecule has 2 nitrogen and oxygen atoms in total. The van der Waals surface area contributed by atoms with Gasteiger partial charge in [0, 0.05) is 11.6 Å². The van der Waals surface area contributed by atoms with Gasteiger partial charge < -0.3 is 10.1 Å². The lowest BCUT2D eigenvalue weighted by molar-refractivity contribution is 0.412. The normalized spacial score (nSPS) is 10.7. The topological polar surface area (TPSA) is 21.3 Å². The van der Waals surface area contributed by atoms with Crippen LogP contribution in [-0.2, 0) is 6.54 Å². The molecule has 2 aromatic carbocycles. The van der Waals surface area contributed by atoms with Crippen LogP contribution in [0.5, 0.6) is 5.75 Å². The molecule has 0 saturated carbocycles. The predicted molar refractivity (Wildman–Crippen MR) is 90.2 cm³/mol. The largest absolute Gasteiger partial charge is 0.496 e. The minimum atomic E-state index is 0.810. The summed E-state index contributed by atoms with van der Waals surface area (Å²) in [5.41, 5.74) is 4.55. The quantitative estimate of drug-likeness (QED) is 0.772. The van der Waals surface area contributed by atoms with Crippen molar-refractivity contribution < 1.29 is 4.74 Å². The van der Waals surface area contributed by atoms with Crippen LogP contribution in [0, 0.1) is 6.92 Å². The number of aryl methyl sites for hydroxylation is 1. The molecule has 0 radical (unpaired) electrons. The molecular weight excluding hydrogens is 282 g/mol. The minimum absolute atomic E-state index is 0.810. The Morgan fingerprint density at radius 2 is 1.81 bits per heavy atom. The van der Waals surface area contributed by atoms with Gasteiger partial charge in [0.2, 0.25) is 0 Å². The van der Waals surface area contributed by atoms with E-state index in [1.54, 1.807) is 7.11 Å². The van der Waals surface area contributed by atoms with Gasteiger partial charge in [-0.2, -0.15) is 0 Å². The fourth-order valence-corrected chi connectivity index (χ4v) is 2.58. The summed E-state index contributed by atoms with van der Waals surface area (Å²) in [7, 11) is 1.69. The average molecular weight is 304 g/mol. The van der Waals surface area contributed by atoms with Crippen LogP contribution in [0.2, 0.25) is 5.02 Å². The van der Waals surface area contributed by atoms with Crippen molar-refractivity contribution >= 4 is 11.6 Å². The van der Waals surface area contributed by atoms with Crippen LogP contribution < -0.4 is 10.1 Å². The van der Waals surface area contributed by atoms with Crippen molar-refractivity contribution in [3.8, 4) is 16.9 Å². The molecule has 0 heterocycles. The first-order chi connectivity index (χ1) is 10.2. The van der Waals surface area contributed by atoms with E-state index in [1.165, 1.54) is 0 Å². The smallest absolute Gasteiger partial charge is 0.121 e. The zero-order valence-electron chi connectivity index (χ0n) is 12.9. The third-order valence-electron chi connectivity index (χ3n) is 3.52. The molecule has 0 aliphatic heterocycles. The van der Waals surface area contributed by atoms with Gasteiger partial charge in [-0.1, -0.05) is 36.7 Å². The number of methoxy groups -OCH3 is 1. The summed E-state index contributed by atoms with van der Waals surface area (Å²) in [6.45, 7) is 6.03. The summed E-state index contributed by atoms with van der Waals surface area (Å²) in [6.07, 6.45) is 1.13. The Morgan fingerprint density at radius 1 is 1.10 bits per heavy atom. The standard InChI is InChI=1S/C18H22ClNO/c1-4-9-20-12-16-6-5-15(11-17(16)19)14-7-8-18(21-3)13(2)10-14/h5-8,10-11,20H,4,9,12H2,1-3H3. The van der Waals surface area contributed by atoms with Crippen molar-refractivity contribution in [1.82, 2.24) is 5.32 Å². The average Bonchev–Trinajstić information content (AvgIpc) is 2.49. The van der Waals surface area contributed by atoms with Crippen molar-refractivity contribution in [2.75, 3.05) is 13.7 Å². The fourth-order valence-electron chi connectivity index (χ4n) is 2.33. The summed E-state index contributed by atoms with van der Waals surface area (Å²) < 4.78 is 5.30. The van der Waals surface area contributed by atoms with Crippen molar-refractivity contribution in [2.24, 2.45) is 0 Å². The molecule has 0 bridgehead atoms. The van der Waals surface area contributed by atoms with Crippen molar-refractivity contribution in [3.63, 3.8) is 0 Å². The second-order valence-corrected chi connectivity index (χ2v) is 5.57. The molecule has 0 atom stereocenters. The third kappa shape index (κ3) is 3.99. The minimum Gasteiger partial charge on any atom is -0.496 e. The number of benzene rings is 2. The Labute approximate surface area is 132 Å². The molecule has 0 aliphatic carbocycles. The molecule has 112 valence electrons. The lowest BCUT2D eigenvalue weighted by Crippen LogP contribution is -2.13. The van der Waals surface area contributed by atoms with E-state index in [9.17, 15) is 0 Å². The van der Waals surface area contributed by atoms with Crippen LogP contribution >= 0.6 is 11.6 Å². The number of hydrogen-bond donors (Lipinski definition) is 1. The van der Waals surface area contributed by atoms with E-state index >= 15 is 0 Å². The molecule has 0 aromatic heterocycles. The molecule has 3 heteroatoms. The fraction of sp³-hybridized carbons (Fsp3) is 0.333. The van der Waals surface area contributed by atoms with Gasteiger partial charge in [-0.15, -0.1) is 0 Å². The highest BCUT2D eigenvalue weighted by Crippen LogP contribution is 2.29. The first-order valence-corrected chi connectivity index (χ1v) is 7.67. The van der Waals surface area contributed by atoms with Crippen LogP contribution in [0.25, 0.3) is 11.1 Å². The Bertz CT molecular complexity index is 610. The molecule has 2 rings (SSSR count). The zero-order valence-corrected chi connectivity index (χ0v) is 13.6. The Morgan fingerprint density at radius 3 is 2.43 bits per heavy atom. The van der Waals surface area contributed by atoms with Gasteiger partial charge in [0.25, 0.3) is 0 Å². The van der Waals surface area contributed by atoms with Gasteiger partial charge in [-0.25, -0.2) is 0 Å². The lowest BCUT2D eigenvalue weighted by atomic mass is 10.0. The zero-order chi connectivity index (χ0) is 15.2. The van der Waals surface area contributed by atoms with Gasteiger partial charge in [0.1, 0.15) is 5.75 Å². The Kier molecular flexibility index (Phi) is 5.66. The summed E-state index contributed by atoms with van der Waals surface area (Å²) in [6, 6.07) is 12.4. The Hall–Kier alpha value is -1.51.